The smallest absolute Gasteiger partial charge is 0.163 e. The molecule has 0 saturated carbocycles. The summed E-state index contributed by atoms with van der Waals surface area (Å²) in [6.45, 7) is 1.11. The summed E-state index contributed by atoms with van der Waals surface area (Å²) in [5, 5.41) is 3.72. The van der Waals surface area contributed by atoms with E-state index >= 15 is 0 Å². The average molecular weight is 391 g/mol. The summed E-state index contributed by atoms with van der Waals surface area (Å²) in [6.07, 6.45) is 0. The van der Waals surface area contributed by atoms with Crippen LogP contribution in [0.25, 0.3) is 21.6 Å². The largest absolute Gasteiger partial charge is 0.497 e. The highest BCUT2D eigenvalue weighted by atomic mass is 32.1. The number of benzene rings is 2. The summed E-state index contributed by atoms with van der Waals surface area (Å²) in [6, 6.07) is 17.5. The third-order valence-electron chi connectivity index (χ3n) is 4.49. The molecule has 5 nitrogen and oxygen atoms in total. The number of hydrogen-bond acceptors (Lipinski definition) is 6. The number of hydrogen-bond donors (Lipinski definition) is 0. The average Bonchev–Trinajstić information content (AvgIpc) is 3.28. The quantitative estimate of drug-likeness (QED) is 0.483. The first-order chi connectivity index (χ1) is 13.8. The Morgan fingerprint density at radius 1 is 0.964 bits per heavy atom. The van der Waals surface area contributed by atoms with E-state index in [0.29, 0.717) is 19.0 Å². The first-order valence-electron chi connectivity index (χ1n) is 8.90. The molecule has 0 amide bonds. The summed E-state index contributed by atoms with van der Waals surface area (Å²) in [4.78, 5) is 5.93. The second kappa shape index (κ2) is 7.05. The number of thiophene rings is 1. The van der Waals surface area contributed by atoms with Gasteiger partial charge in [0.15, 0.2) is 11.5 Å². The van der Waals surface area contributed by atoms with Crippen LogP contribution in [0.5, 0.6) is 17.2 Å². The van der Waals surface area contributed by atoms with Gasteiger partial charge in [-0.15, -0.1) is 11.3 Å². The summed E-state index contributed by atoms with van der Waals surface area (Å²) in [5.41, 5.74) is 1.54. The van der Waals surface area contributed by atoms with E-state index in [1.165, 1.54) is 0 Å². The number of rotatable bonds is 3. The third kappa shape index (κ3) is 3.12. The minimum absolute atomic E-state index is 0.545. The van der Waals surface area contributed by atoms with Crippen molar-refractivity contribution in [1.29, 1.82) is 0 Å². The van der Waals surface area contributed by atoms with Crippen LogP contribution in [0.3, 0.4) is 0 Å². The van der Waals surface area contributed by atoms with E-state index in [4.69, 9.17) is 23.6 Å². The van der Waals surface area contributed by atoms with Gasteiger partial charge in [-0.25, -0.2) is 4.99 Å². The molecule has 1 aliphatic heterocycles. The summed E-state index contributed by atoms with van der Waals surface area (Å²) >= 11 is 1.63. The lowest BCUT2D eigenvalue weighted by atomic mass is 10.2. The van der Waals surface area contributed by atoms with E-state index in [2.05, 4.69) is 0 Å². The van der Waals surface area contributed by atoms with Crippen molar-refractivity contribution in [3.8, 4) is 27.9 Å². The van der Waals surface area contributed by atoms with Crippen molar-refractivity contribution in [2.75, 3.05) is 20.3 Å². The SMILES string of the molecule is COc1ccc2oc(-c3cccs3)cc(=Nc3ccc4c(c3)OCCO4)c2c1. The van der Waals surface area contributed by atoms with Crippen molar-refractivity contribution in [2.24, 2.45) is 4.99 Å². The Morgan fingerprint density at radius 3 is 2.68 bits per heavy atom. The Kier molecular flexibility index (Phi) is 4.25. The molecule has 3 heterocycles. The molecule has 6 heteroatoms. The summed E-state index contributed by atoms with van der Waals surface area (Å²) in [5.74, 6) is 3.00. The number of fused-ring (bicyclic) bond motifs is 2. The second-order valence-electron chi connectivity index (χ2n) is 6.28. The monoisotopic (exact) mass is 391 g/mol. The molecule has 0 spiro atoms. The molecule has 0 bridgehead atoms. The van der Waals surface area contributed by atoms with Crippen molar-refractivity contribution in [3.05, 3.63) is 65.3 Å². The molecular formula is C22H17NO4S. The second-order valence-corrected chi connectivity index (χ2v) is 7.22. The van der Waals surface area contributed by atoms with Crippen LogP contribution >= 0.6 is 11.3 Å². The molecule has 1 aliphatic rings. The highest BCUT2D eigenvalue weighted by molar-refractivity contribution is 7.13. The maximum atomic E-state index is 6.12. The standard InChI is InChI=1S/C22H17NO4S/c1-24-15-5-7-18-16(12-15)17(13-21(27-18)22-3-2-10-28-22)23-14-4-6-19-20(11-14)26-9-8-25-19/h2-7,10-13H,8-9H2,1H3. The molecule has 2 aromatic heterocycles. The van der Waals surface area contributed by atoms with Gasteiger partial charge in [0, 0.05) is 17.5 Å². The normalized spacial score (nSPS) is 13.7. The van der Waals surface area contributed by atoms with Gasteiger partial charge in [0.05, 0.1) is 23.0 Å². The Hall–Kier alpha value is -3.25. The zero-order valence-electron chi connectivity index (χ0n) is 15.2. The lowest BCUT2D eigenvalue weighted by Gasteiger charge is -2.18. The van der Waals surface area contributed by atoms with Gasteiger partial charge in [0.2, 0.25) is 0 Å². The van der Waals surface area contributed by atoms with E-state index in [0.717, 1.165) is 44.2 Å². The van der Waals surface area contributed by atoms with Gasteiger partial charge >= 0.3 is 0 Å². The lowest BCUT2D eigenvalue weighted by Crippen LogP contribution is -2.15. The van der Waals surface area contributed by atoms with Gasteiger partial charge in [-0.3, -0.25) is 0 Å². The molecule has 0 N–H and O–H groups in total. The molecule has 5 rings (SSSR count). The van der Waals surface area contributed by atoms with Crippen molar-refractivity contribution < 1.29 is 18.6 Å². The fourth-order valence-electron chi connectivity index (χ4n) is 3.15. The Morgan fingerprint density at radius 2 is 1.86 bits per heavy atom. The fourth-order valence-corrected chi connectivity index (χ4v) is 3.83. The number of nitrogens with zero attached hydrogens (tertiary/aromatic N) is 1. The van der Waals surface area contributed by atoms with Crippen molar-refractivity contribution in [2.45, 2.75) is 0 Å². The van der Waals surface area contributed by atoms with Crippen LogP contribution in [0.4, 0.5) is 5.69 Å². The first-order valence-corrected chi connectivity index (χ1v) is 9.78. The Bertz CT molecular complexity index is 1210. The Labute approximate surface area is 165 Å². The van der Waals surface area contributed by atoms with Gasteiger partial charge in [0.25, 0.3) is 0 Å². The van der Waals surface area contributed by atoms with Crippen LogP contribution in [0, 0.1) is 0 Å². The van der Waals surface area contributed by atoms with Gasteiger partial charge in [0.1, 0.15) is 30.3 Å². The van der Waals surface area contributed by atoms with Crippen LogP contribution in [0.1, 0.15) is 0 Å². The minimum atomic E-state index is 0.545. The van der Waals surface area contributed by atoms with E-state index < -0.39 is 0 Å². The molecule has 0 fully saturated rings. The Balaban J connectivity index is 1.73. The van der Waals surface area contributed by atoms with Gasteiger partial charge in [-0.1, -0.05) is 6.07 Å². The molecular weight excluding hydrogens is 374 g/mol. The molecule has 140 valence electrons. The molecule has 0 atom stereocenters. The van der Waals surface area contributed by atoms with Crippen molar-refractivity contribution in [3.63, 3.8) is 0 Å². The predicted octanol–water partition coefficient (Wildman–Crippen LogP) is 5.17. The molecule has 28 heavy (non-hydrogen) atoms. The third-order valence-corrected chi connectivity index (χ3v) is 5.37. The lowest BCUT2D eigenvalue weighted by molar-refractivity contribution is 0.171. The fraction of sp³-hybridized carbons (Fsp3) is 0.136. The topological polar surface area (TPSA) is 53.2 Å². The van der Waals surface area contributed by atoms with Crippen LogP contribution < -0.4 is 19.6 Å². The molecule has 0 saturated heterocycles. The summed E-state index contributed by atoms with van der Waals surface area (Å²) < 4.78 is 22.8. The van der Waals surface area contributed by atoms with Crippen molar-refractivity contribution >= 4 is 28.0 Å². The molecule has 0 radical (unpaired) electrons. The number of ether oxygens (including phenoxy) is 3. The van der Waals surface area contributed by atoms with Gasteiger partial charge in [-0.2, -0.15) is 0 Å². The van der Waals surface area contributed by atoms with Gasteiger partial charge < -0.3 is 18.6 Å². The van der Waals surface area contributed by atoms with E-state index in [1.807, 2.05) is 60.0 Å². The van der Waals surface area contributed by atoms with E-state index in [9.17, 15) is 0 Å². The van der Waals surface area contributed by atoms with E-state index in [-0.39, 0.29) is 0 Å². The van der Waals surface area contributed by atoms with E-state index in [1.54, 1.807) is 18.4 Å². The highest BCUT2D eigenvalue weighted by Crippen LogP contribution is 2.34. The molecule has 2 aromatic carbocycles. The van der Waals surface area contributed by atoms with Crippen LogP contribution in [0.2, 0.25) is 0 Å². The minimum Gasteiger partial charge on any atom is -0.497 e. The number of methoxy groups -OCH3 is 1. The van der Waals surface area contributed by atoms with Crippen LogP contribution in [-0.2, 0) is 0 Å². The van der Waals surface area contributed by atoms with Crippen molar-refractivity contribution in [1.82, 2.24) is 0 Å². The maximum absolute atomic E-state index is 6.12. The van der Waals surface area contributed by atoms with Crippen LogP contribution in [-0.4, -0.2) is 20.3 Å². The first kappa shape index (κ1) is 16.9. The molecule has 0 unspecified atom stereocenters. The molecule has 4 aromatic rings. The maximum Gasteiger partial charge on any atom is 0.163 e. The zero-order valence-corrected chi connectivity index (χ0v) is 16.0. The predicted molar refractivity (Wildman–Crippen MR) is 109 cm³/mol. The highest BCUT2D eigenvalue weighted by Gasteiger charge is 2.12. The van der Waals surface area contributed by atoms with Crippen LogP contribution in [0.15, 0.2) is 69.4 Å². The van der Waals surface area contributed by atoms with Gasteiger partial charge in [-0.05, 0) is 41.8 Å². The zero-order chi connectivity index (χ0) is 18.9. The molecule has 0 aliphatic carbocycles. The summed E-state index contributed by atoms with van der Waals surface area (Å²) in [7, 11) is 1.65.